The Morgan fingerprint density at radius 3 is 2.27 bits per heavy atom. The number of hydrogen-bond donors (Lipinski definition) is 0. The maximum atomic E-state index is 3.48. The maximum Gasteiger partial charge on any atom is 0.0159 e. The van der Waals surface area contributed by atoms with Gasteiger partial charge in [-0.25, -0.2) is 0 Å². The SMILES string of the molecule is CCCN(CCBr)C(C)CC. The third-order valence-corrected chi connectivity index (χ3v) is 2.45. The van der Waals surface area contributed by atoms with Gasteiger partial charge in [0, 0.05) is 17.9 Å². The van der Waals surface area contributed by atoms with Crippen LogP contribution in [0.25, 0.3) is 0 Å². The Labute approximate surface area is 79.3 Å². The van der Waals surface area contributed by atoms with Gasteiger partial charge in [0.2, 0.25) is 0 Å². The van der Waals surface area contributed by atoms with Crippen LogP contribution in [0.5, 0.6) is 0 Å². The predicted octanol–water partition coefficient (Wildman–Crippen LogP) is 2.89. The van der Waals surface area contributed by atoms with Crippen LogP contribution in [-0.2, 0) is 0 Å². The molecule has 0 saturated heterocycles. The molecule has 1 unspecified atom stereocenters. The summed E-state index contributed by atoms with van der Waals surface area (Å²) in [6, 6.07) is 0.743. The molecule has 0 aromatic heterocycles. The number of halogens is 1. The summed E-state index contributed by atoms with van der Waals surface area (Å²) in [5, 5.41) is 1.09. The molecule has 0 aromatic carbocycles. The van der Waals surface area contributed by atoms with E-state index in [4.69, 9.17) is 0 Å². The Morgan fingerprint density at radius 1 is 1.27 bits per heavy atom. The van der Waals surface area contributed by atoms with Crippen LogP contribution in [0.1, 0.15) is 33.6 Å². The summed E-state index contributed by atoms with van der Waals surface area (Å²) in [6.45, 7) is 9.22. The van der Waals surface area contributed by atoms with Crippen LogP contribution in [-0.4, -0.2) is 29.4 Å². The summed E-state index contributed by atoms with van der Waals surface area (Å²) in [4.78, 5) is 2.54. The molecule has 0 aliphatic rings. The van der Waals surface area contributed by atoms with Crippen LogP contribution in [0.2, 0.25) is 0 Å². The van der Waals surface area contributed by atoms with E-state index < -0.39 is 0 Å². The topological polar surface area (TPSA) is 3.24 Å². The van der Waals surface area contributed by atoms with E-state index in [0.29, 0.717) is 0 Å². The first-order valence-corrected chi connectivity index (χ1v) is 5.68. The third kappa shape index (κ3) is 4.81. The summed E-state index contributed by atoms with van der Waals surface area (Å²) in [6.07, 6.45) is 2.52. The summed E-state index contributed by atoms with van der Waals surface area (Å²) in [5.41, 5.74) is 0. The van der Waals surface area contributed by atoms with E-state index in [1.54, 1.807) is 0 Å². The summed E-state index contributed by atoms with van der Waals surface area (Å²) >= 11 is 3.48. The lowest BCUT2D eigenvalue weighted by molar-refractivity contribution is 0.217. The van der Waals surface area contributed by atoms with Crippen LogP contribution in [0, 0.1) is 0 Å². The van der Waals surface area contributed by atoms with Crippen LogP contribution >= 0.6 is 15.9 Å². The van der Waals surface area contributed by atoms with Crippen LogP contribution < -0.4 is 0 Å². The molecule has 68 valence electrons. The number of nitrogens with zero attached hydrogens (tertiary/aromatic N) is 1. The Bertz CT molecular complexity index is 79.6. The highest BCUT2D eigenvalue weighted by Gasteiger charge is 2.08. The van der Waals surface area contributed by atoms with Crippen molar-refractivity contribution in [2.45, 2.75) is 39.7 Å². The van der Waals surface area contributed by atoms with Crippen LogP contribution in [0.4, 0.5) is 0 Å². The fourth-order valence-corrected chi connectivity index (χ4v) is 1.66. The van der Waals surface area contributed by atoms with Gasteiger partial charge in [0.25, 0.3) is 0 Å². The molecule has 11 heavy (non-hydrogen) atoms. The van der Waals surface area contributed by atoms with Crippen molar-refractivity contribution in [3.63, 3.8) is 0 Å². The van der Waals surface area contributed by atoms with Gasteiger partial charge in [-0.2, -0.15) is 0 Å². The molecule has 1 nitrogen and oxygen atoms in total. The highest BCUT2D eigenvalue weighted by molar-refractivity contribution is 9.09. The standard InChI is InChI=1S/C9H20BrN/c1-4-7-11(8-6-10)9(3)5-2/h9H,4-8H2,1-3H3. The molecule has 1 atom stereocenters. The van der Waals surface area contributed by atoms with Crippen molar-refractivity contribution in [1.29, 1.82) is 0 Å². The second-order valence-corrected chi connectivity index (χ2v) is 3.78. The minimum absolute atomic E-state index is 0.743. The summed E-state index contributed by atoms with van der Waals surface area (Å²) in [5.74, 6) is 0. The first-order chi connectivity index (χ1) is 5.26. The van der Waals surface area contributed by atoms with Crippen molar-refractivity contribution in [2.75, 3.05) is 18.4 Å². The van der Waals surface area contributed by atoms with Crippen LogP contribution in [0.15, 0.2) is 0 Å². The lowest BCUT2D eigenvalue weighted by atomic mass is 10.2. The lowest BCUT2D eigenvalue weighted by Crippen LogP contribution is -2.34. The molecule has 0 N–H and O–H groups in total. The van der Waals surface area contributed by atoms with E-state index in [1.807, 2.05) is 0 Å². The molecule has 0 rings (SSSR count). The molecule has 0 aliphatic heterocycles. The minimum Gasteiger partial charge on any atom is -0.300 e. The number of hydrogen-bond acceptors (Lipinski definition) is 1. The maximum absolute atomic E-state index is 3.48. The van der Waals surface area contributed by atoms with E-state index in [1.165, 1.54) is 25.9 Å². The van der Waals surface area contributed by atoms with Crippen molar-refractivity contribution in [3.05, 3.63) is 0 Å². The Hall–Kier alpha value is 0.440. The first-order valence-electron chi connectivity index (χ1n) is 4.56. The van der Waals surface area contributed by atoms with Crippen molar-refractivity contribution in [1.82, 2.24) is 4.90 Å². The number of rotatable bonds is 6. The van der Waals surface area contributed by atoms with E-state index in [0.717, 1.165) is 11.4 Å². The highest BCUT2D eigenvalue weighted by Crippen LogP contribution is 2.04. The first kappa shape index (κ1) is 11.4. The zero-order valence-corrected chi connectivity index (χ0v) is 9.52. The lowest BCUT2D eigenvalue weighted by Gasteiger charge is -2.26. The van der Waals surface area contributed by atoms with E-state index in [-0.39, 0.29) is 0 Å². The second-order valence-electron chi connectivity index (χ2n) is 2.98. The average molecular weight is 222 g/mol. The molecule has 2 heteroatoms. The molecule has 0 aliphatic carbocycles. The predicted molar refractivity (Wildman–Crippen MR) is 55.4 cm³/mol. The largest absolute Gasteiger partial charge is 0.300 e. The Balaban J connectivity index is 3.66. The van der Waals surface area contributed by atoms with E-state index in [9.17, 15) is 0 Å². The van der Waals surface area contributed by atoms with Crippen molar-refractivity contribution >= 4 is 15.9 Å². The minimum atomic E-state index is 0.743. The molecule has 0 amide bonds. The summed E-state index contributed by atoms with van der Waals surface area (Å²) in [7, 11) is 0. The molecule has 0 saturated carbocycles. The van der Waals surface area contributed by atoms with Gasteiger partial charge < -0.3 is 0 Å². The molecule has 0 heterocycles. The average Bonchev–Trinajstić information content (AvgIpc) is 2.03. The van der Waals surface area contributed by atoms with Gasteiger partial charge in [0.15, 0.2) is 0 Å². The number of alkyl halides is 1. The quantitative estimate of drug-likeness (QED) is 0.624. The smallest absolute Gasteiger partial charge is 0.0159 e. The summed E-state index contributed by atoms with van der Waals surface area (Å²) < 4.78 is 0. The van der Waals surface area contributed by atoms with Gasteiger partial charge in [0.1, 0.15) is 0 Å². The molecule has 0 fully saturated rings. The van der Waals surface area contributed by atoms with Gasteiger partial charge in [-0.1, -0.05) is 29.8 Å². The molecular weight excluding hydrogens is 202 g/mol. The van der Waals surface area contributed by atoms with E-state index >= 15 is 0 Å². The van der Waals surface area contributed by atoms with Crippen molar-refractivity contribution < 1.29 is 0 Å². The van der Waals surface area contributed by atoms with Gasteiger partial charge >= 0.3 is 0 Å². The Morgan fingerprint density at radius 2 is 1.91 bits per heavy atom. The van der Waals surface area contributed by atoms with Crippen molar-refractivity contribution in [3.8, 4) is 0 Å². The second kappa shape index (κ2) is 7.11. The van der Waals surface area contributed by atoms with Gasteiger partial charge in [0.05, 0.1) is 0 Å². The normalized spacial score (nSPS) is 13.9. The van der Waals surface area contributed by atoms with Gasteiger partial charge in [-0.3, -0.25) is 4.90 Å². The molecular formula is C9H20BrN. The van der Waals surface area contributed by atoms with Crippen molar-refractivity contribution in [2.24, 2.45) is 0 Å². The zero-order valence-electron chi connectivity index (χ0n) is 7.94. The van der Waals surface area contributed by atoms with Gasteiger partial charge in [-0.15, -0.1) is 0 Å². The fourth-order valence-electron chi connectivity index (χ4n) is 1.21. The Kier molecular flexibility index (Phi) is 7.39. The molecule has 0 spiro atoms. The van der Waals surface area contributed by atoms with Crippen LogP contribution in [0.3, 0.4) is 0 Å². The molecule has 0 bridgehead atoms. The third-order valence-electron chi connectivity index (χ3n) is 2.10. The monoisotopic (exact) mass is 221 g/mol. The van der Waals surface area contributed by atoms with Gasteiger partial charge in [-0.05, 0) is 26.3 Å². The molecule has 0 aromatic rings. The fraction of sp³-hybridized carbons (Fsp3) is 1.00. The van der Waals surface area contributed by atoms with E-state index in [2.05, 4.69) is 41.6 Å². The molecule has 0 radical (unpaired) electrons. The zero-order chi connectivity index (χ0) is 8.69. The highest BCUT2D eigenvalue weighted by atomic mass is 79.9.